The molecule has 2 rings (SSSR count). The fraction of sp³-hybridized carbons (Fsp3) is 0.714. The van der Waals surface area contributed by atoms with Gasteiger partial charge in [0.15, 0.2) is 12.0 Å². The number of aromatic nitrogens is 3. The van der Waals surface area contributed by atoms with Crippen LogP contribution < -0.4 is 0 Å². The van der Waals surface area contributed by atoms with E-state index in [0.717, 1.165) is 5.82 Å². The van der Waals surface area contributed by atoms with Crippen molar-refractivity contribution in [2.75, 3.05) is 6.54 Å². The van der Waals surface area contributed by atoms with Crippen LogP contribution in [-0.4, -0.2) is 25.7 Å². The molecule has 13 heavy (non-hydrogen) atoms. The minimum absolute atomic E-state index is 0.403. The third-order valence-electron chi connectivity index (χ3n) is 2.09. The lowest BCUT2D eigenvalue weighted by Crippen LogP contribution is -2.28. The summed E-state index contributed by atoms with van der Waals surface area (Å²) in [5, 5.41) is 7.66. The molecule has 4 nitrogen and oxygen atoms in total. The van der Waals surface area contributed by atoms with Gasteiger partial charge in [0.2, 0.25) is 0 Å². The highest BCUT2D eigenvalue weighted by atomic mass is 35.5. The second-order valence-corrected chi connectivity index (χ2v) is 3.56. The predicted molar refractivity (Wildman–Crippen MR) is 45.8 cm³/mol. The van der Waals surface area contributed by atoms with Crippen LogP contribution in [0.3, 0.4) is 0 Å². The lowest BCUT2D eigenvalue weighted by Gasteiger charge is -2.21. The van der Waals surface area contributed by atoms with Crippen molar-refractivity contribution in [1.29, 1.82) is 0 Å². The molecule has 1 unspecified atom stereocenters. The predicted octanol–water partition coefficient (Wildman–Crippen LogP) is 1.28. The number of alkyl halides is 1. The minimum atomic E-state index is -1.07. The van der Waals surface area contributed by atoms with Crippen LogP contribution in [0.25, 0.3) is 0 Å². The maximum absolute atomic E-state index is 13.0. The Balaban J connectivity index is 2.33. The van der Waals surface area contributed by atoms with Gasteiger partial charge in [-0.15, -0.1) is 10.2 Å². The Morgan fingerprint density at radius 1 is 1.46 bits per heavy atom. The van der Waals surface area contributed by atoms with Crippen molar-refractivity contribution in [3.05, 3.63) is 11.6 Å². The van der Waals surface area contributed by atoms with E-state index in [-0.39, 0.29) is 0 Å². The van der Waals surface area contributed by atoms with Crippen molar-refractivity contribution in [2.45, 2.75) is 26.2 Å². The average molecular weight is 205 g/mol. The van der Waals surface area contributed by atoms with E-state index in [1.54, 1.807) is 8.99 Å². The van der Waals surface area contributed by atoms with Crippen LogP contribution in [0.2, 0.25) is 0 Å². The van der Waals surface area contributed by atoms with Gasteiger partial charge in [-0.1, -0.05) is 0 Å². The molecule has 0 saturated heterocycles. The highest BCUT2D eigenvalue weighted by Crippen LogP contribution is 2.19. The molecule has 0 aliphatic carbocycles. The van der Waals surface area contributed by atoms with Gasteiger partial charge in [0.1, 0.15) is 5.82 Å². The summed E-state index contributed by atoms with van der Waals surface area (Å²) >= 11 is 5.79. The Labute approximate surface area is 80.4 Å². The van der Waals surface area contributed by atoms with Crippen LogP contribution in [0.5, 0.6) is 0 Å². The molecule has 1 aromatic rings. The zero-order chi connectivity index (χ0) is 9.42. The van der Waals surface area contributed by atoms with E-state index in [1.807, 2.05) is 0 Å². The van der Waals surface area contributed by atoms with E-state index in [1.165, 1.54) is 6.92 Å². The summed E-state index contributed by atoms with van der Waals surface area (Å²) < 4.78 is 16.4. The average Bonchev–Trinajstić information content (AvgIpc) is 2.46. The summed E-state index contributed by atoms with van der Waals surface area (Å²) in [5.74, 6) is 1.14. The van der Waals surface area contributed by atoms with E-state index in [9.17, 15) is 4.39 Å². The molecule has 1 aliphatic rings. The molecule has 0 radical (unpaired) electrons. The molecule has 0 aromatic carbocycles. The van der Waals surface area contributed by atoms with Crippen molar-refractivity contribution in [1.82, 2.24) is 19.2 Å². The monoisotopic (exact) mass is 204 g/mol. The Morgan fingerprint density at radius 2 is 2.23 bits per heavy atom. The third-order valence-corrected chi connectivity index (χ3v) is 2.38. The Hall–Kier alpha value is -0.680. The van der Waals surface area contributed by atoms with Gasteiger partial charge in [0.05, 0.1) is 6.54 Å². The molecule has 6 heteroatoms. The molecular formula is C7H10ClFN4. The standard InChI is InChI=1S/C7H10ClFN4/c1-5(9)7-11-10-6-4-12(8)2-3-13(6)7/h5H,2-4H2,1H3. The normalized spacial score (nSPS) is 19.9. The van der Waals surface area contributed by atoms with E-state index in [4.69, 9.17) is 11.8 Å². The molecule has 1 aromatic heterocycles. The summed E-state index contributed by atoms with van der Waals surface area (Å²) in [6.07, 6.45) is -1.07. The number of rotatable bonds is 1. The second kappa shape index (κ2) is 3.23. The van der Waals surface area contributed by atoms with Gasteiger partial charge in [-0.25, -0.2) is 8.81 Å². The summed E-state index contributed by atoms with van der Waals surface area (Å²) in [7, 11) is 0. The van der Waals surface area contributed by atoms with E-state index in [0.29, 0.717) is 25.5 Å². The topological polar surface area (TPSA) is 34.0 Å². The van der Waals surface area contributed by atoms with Crippen molar-refractivity contribution in [2.24, 2.45) is 0 Å². The number of hydrogen-bond acceptors (Lipinski definition) is 3. The molecule has 0 bridgehead atoms. The van der Waals surface area contributed by atoms with Gasteiger partial charge in [0.25, 0.3) is 0 Å². The number of nitrogens with zero attached hydrogens (tertiary/aromatic N) is 4. The molecule has 0 amide bonds. The molecule has 0 N–H and O–H groups in total. The molecule has 0 spiro atoms. The maximum Gasteiger partial charge on any atom is 0.167 e. The fourth-order valence-corrected chi connectivity index (χ4v) is 1.63. The number of halogens is 2. The van der Waals surface area contributed by atoms with Gasteiger partial charge in [-0.2, -0.15) is 0 Å². The zero-order valence-electron chi connectivity index (χ0n) is 7.24. The van der Waals surface area contributed by atoms with Crippen LogP contribution in [0, 0.1) is 0 Å². The van der Waals surface area contributed by atoms with Crippen LogP contribution >= 0.6 is 11.8 Å². The fourth-order valence-electron chi connectivity index (χ4n) is 1.45. The summed E-state index contributed by atoms with van der Waals surface area (Å²) in [5.41, 5.74) is 0. The quantitative estimate of drug-likeness (QED) is 0.647. The smallest absolute Gasteiger partial charge is 0.167 e. The third kappa shape index (κ3) is 1.53. The second-order valence-electron chi connectivity index (χ2n) is 3.09. The zero-order valence-corrected chi connectivity index (χ0v) is 8.00. The van der Waals surface area contributed by atoms with Crippen molar-refractivity contribution >= 4 is 11.8 Å². The summed E-state index contributed by atoms with van der Waals surface area (Å²) in [6.45, 7) is 3.35. The molecule has 0 fully saturated rings. The van der Waals surface area contributed by atoms with Crippen molar-refractivity contribution in [3.63, 3.8) is 0 Å². The van der Waals surface area contributed by atoms with Crippen molar-refractivity contribution < 1.29 is 4.39 Å². The first-order valence-electron chi connectivity index (χ1n) is 4.15. The number of hydrogen-bond donors (Lipinski definition) is 0. The Morgan fingerprint density at radius 3 is 2.92 bits per heavy atom. The highest BCUT2D eigenvalue weighted by Gasteiger charge is 2.22. The van der Waals surface area contributed by atoms with Crippen molar-refractivity contribution in [3.8, 4) is 0 Å². The lowest BCUT2D eigenvalue weighted by atomic mass is 10.3. The molecular weight excluding hydrogens is 195 g/mol. The van der Waals surface area contributed by atoms with Crippen LogP contribution in [0.4, 0.5) is 4.39 Å². The number of fused-ring (bicyclic) bond motifs is 1. The summed E-state index contributed by atoms with van der Waals surface area (Å²) in [6, 6.07) is 0. The van der Waals surface area contributed by atoms with Gasteiger partial charge < -0.3 is 4.57 Å². The highest BCUT2D eigenvalue weighted by molar-refractivity contribution is 6.13. The van der Waals surface area contributed by atoms with Gasteiger partial charge in [-0.05, 0) is 18.7 Å². The first-order valence-corrected chi connectivity index (χ1v) is 4.49. The molecule has 72 valence electrons. The Kier molecular flexibility index (Phi) is 2.21. The molecule has 1 atom stereocenters. The lowest BCUT2D eigenvalue weighted by molar-refractivity contribution is 0.311. The first kappa shape index (κ1) is 8.90. The molecule has 2 heterocycles. The Bertz CT molecular complexity index is 311. The van der Waals surface area contributed by atoms with E-state index >= 15 is 0 Å². The van der Waals surface area contributed by atoms with E-state index in [2.05, 4.69) is 10.2 Å². The van der Waals surface area contributed by atoms with Gasteiger partial charge in [0, 0.05) is 13.1 Å². The van der Waals surface area contributed by atoms with Crippen LogP contribution in [-0.2, 0) is 13.1 Å². The summed E-state index contributed by atoms with van der Waals surface area (Å²) in [4.78, 5) is 0. The SMILES string of the molecule is CC(F)c1nnc2n1CCN(Cl)C2. The molecule has 1 aliphatic heterocycles. The van der Waals surface area contributed by atoms with Gasteiger partial charge >= 0.3 is 0 Å². The molecule has 0 saturated carbocycles. The largest absolute Gasteiger partial charge is 0.310 e. The van der Waals surface area contributed by atoms with Gasteiger partial charge in [-0.3, -0.25) is 0 Å². The first-order chi connectivity index (χ1) is 6.18. The van der Waals surface area contributed by atoms with Crippen LogP contribution in [0.1, 0.15) is 24.7 Å². The van der Waals surface area contributed by atoms with E-state index < -0.39 is 6.17 Å². The maximum atomic E-state index is 13.0. The minimum Gasteiger partial charge on any atom is -0.310 e. The van der Waals surface area contributed by atoms with Crippen LogP contribution in [0.15, 0.2) is 0 Å².